The van der Waals surface area contributed by atoms with E-state index in [-0.39, 0.29) is 22.7 Å². The third kappa shape index (κ3) is 8.08. The molecule has 25 heavy (non-hydrogen) atoms. The number of aliphatic hydroxyl groups is 1. The van der Waals surface area contributed by atoms with Gasteiger partial charge in [0.1, 0.15) is 0 Å². The van der Waals surface area contributed by atoms with Gasteiger partial charge in [-0.2, -0.15) is 0 Å². The van der Waals surface area contributed by atoms with Gasteiger partial charge in [-0.15, -0.1) is 0 Å². The predicted octanol–water partition coefficient (Wildman–Crippen LogP) is 5.32. The van der Waals surface area contributed by atoms with Crippen molar-refractivity contribution < 1.29 is 19.4 Å². The molecule has 0 saturated carbocycles. The van der Waals surface area contributed by atoms with Crippen LogP contribution >= 0.6 is 0 Å². The molecule has 0 heterocycles. The zero-order valence-electron chi connectivity index (χ0n) is 18.4. The van der Waals surface area contributed by atoms with E-state index in [1.54, 1.807) is 13.8 Å². The van der Waals surface area contributed by atoms with Gasteiger partial charge >= 0.3 is 5.97 Å². The topological polar surface area (TPSA) is 55.8 Å². The summed E-state index contributed by atoms with van der Waals surface area (Å²) in [7, 11) is 0. The molecule has 0 aliphatic carbocycles. The van der Waals surface area contributed by atoms with E-state index in [0.29, 0.717) is 0 Å². The SMILES string of the molecule is CCC(C)(C)CC(C(=O)OC(C)(C)C(O)OC(C)(C)C)C(C)(C)CC. The van der Waals surface area contributed by atoms with Crippen molar-refractivity contribution in [1.29, 1.82) is 0 Å². The second-order valence-electron chi connectivity index (χ2n) is 10.2. The Morgan fingerprint density at radius 1 is 0.920 bits per heavy atom. The van der Waals surface area contributed by atoms with Gasteiger partial charge in [-0.1, -0.05) is 54.4 Å². The summed E-state index contributed by atoms with van der Waals surface area (Å²) in [6.07, 6.45) is 1.46. The van der Waals surface area contributed by atoms with Crippen LogP contribution in [0.3, 0.4) is 0 Å². The van der Waals surface area contributed by atoms with Crippen molar-refractivity contribution in [2.75, 3.05) is 0 Å². The maximum Gasteiger partial charge on any atom is 0.310 e. The van der Waals surface area contributed by atoms with E-state index in [1.807, 2.05) is 20.8 Å². The lowest BCUT2D eigenvalue weighted by molar-refractivity contribution is -0.252. The molecule has 150 valence electrons. The van der Waals surface area contributed by atoms with Gasteiger partial charge in [0.2, 0.25) is 0 Å². The summed E-state index contributed by atoms with van der Waals surface area (Å²) in [6.45, 7) is 21.8. The van der Waals surface area contributed by atoms with E-state index in [0.717, 1.165) is 19.3 Å². The van der Waals surface area contributed by atoms with Gasteiger partial charge in [0.25, 0.3) is 0 Å². The third-order valence-corrected chi connectivity index (χ3v) is 5.28. The fourth-order valence-electron chi connectivity index (χ4n) is 2.48. The molecule has 0 radical (unpaired) electrons. The molecule has 0 aromatic carbocycles. The molecule has 0 fully saturated rings. The van der Waals surface area contributed by atoms with Crippen molar-refractivity contribution in [3.8, 4) is 0 Å². The van der Waals surface area contributed by atoms with Gasteiger partial charge in [-0.3, -0.25) is 4.79 Å². The minimum atomic E-state index is -1.18. The fourth-order valence-corrected chi connectivity index (χ4v) is 2.48. The van der Waals surface area contributed by atoms with Crippen molar-refractivity contribution >= 4 is 5.97 Å². The lowest BCUT2D eigenvalue weighted by atomic mass is 9.68. The van der Waals surface area contributed by atoms with E-state index in [9.17, 15) is 9.90 Å². The smallest absolute Gasteiger partial charge is 0.310 e. The zero-order valence-corrected chi connectivity index (χ0v) is 18.4. The van der Waals surface area contributed by atoms with Gasteiger partial charge in [-0.05, 0) is 51.9 Å². The average Bonchev–Trinajstić information content (AvgIpc) is 2.42. The molecule has 2 unspecified atom stereocenters. The Morgan fingerprint density at radius 2 is 1.40 bits per heavy atom. The second kappa shape index (κ2) is 8.39. The highest BCUT2D eigenvalue weighted by Gasteiger charge is 2.43. The lowest BCUT2D eigenvalue weighted by Gasteiger charge is -2.40. The summed E-state index contributed by atoms with van der Waals surface area (Å²) in [6, 6.07) is 0. The van der Waals surface area contributed by atoms with Crippen LogP contribution in [0.1, 0.15) is 95.4 Å². The van der Waals surface area contributed by atoms with Gasteiger partial charge in [-0.25, -0.2) is 0 Å². The van der Waals surface area contributed by atoms with Crippen LogP contribution in [0, 0.1) is 16.7 Å². The Morgan fingerprint density at radius 3 is 1.76 bits per heavy atom. The van der Waals surface area contributed by atoms with E-state index in [1.165, 1.54) is 0 Å². The first-order valence-electron chi connectivity index (χ1n) is 9.56. The minimum absolute atomic E-state index is 0.0563. The van der Waals surface area contributed by atoms with Crippen LogP contribution in [0.4, 0.5) is 0 Å². The standard InChI is InChI=1S/C21H42O4/c1-12-19(6,7)14-15(20(8,9)13-2)16(22)24-21(10,11)17(23)25-18(3,4)5/h15,17,23H,12-14H2,1-11H3. The molecule has 0 rings (SSSR count). The maximum atomic E-state index is 13.0. The number of aliphatic hydroxyl groups excluding tert-OH is 1. The first-order chi connectivity index (χ1) is 11.0. The number of carbonyl (C=O) groups excluding carboxylic acids is 1. The second-order valence-corrected chi connectivity index (χ2v) is 10.2. The maximum absolute atomic E-state index is 13.0. The summed E-state index contributed by atoms with van der Waals surface area (Å²) < 4.78 is 11.4. The van der Waals surface area contributed by atoms with Gasteiger partial charge in [0.15, 0.2) is 11.9 Å². The van der Waals surface area contributed by atoms with Gasteiger partial charge in [0.05, 0.1) is 11.5 Å². The molecule has 4 heteroatoms. The predicted molar refractivity (Wildman–Crippen MR) is 103 cm³/mol. The molecule has 0 amide bonds. The quantitative estimate of drug-likeness (QED) is 0.447. The van der Waals surface area contributed by atoms with E-state index >= 15 is 0 Å². The number of esters is 1. The van der Waals surface area contributed by atoms with Crippen LogP contribution in [0.15, 0.2) is 0 Å². The molecule has 0 aromatic rings. The molecular formula is C21H42O4. The van der Waals surface area contributed by atoms with Crippen molar-refractivity contribution in [3.63, 3.8) is 0 Å². The number of hydrogen-bond donors (Lipinski definition) is 1. The first-order valence-corrected chi connectivity index (χ1v) is 9.56. The Hall–Kier alpha value is -0.610. The molecule has 0 aliphatic rings. The summed E-state index contributed by atoms with van der Waals surface area (Å²) >= 11 is 0. The van der Waals surface area contributed by atoms with Crippen molar-refractivity contribution in [3.05, 3.63) is 0 Å². The van der Waals surface area contributed by atoms with Crippen molar-refractivity contribution in [2.45, 2.75) is 113 Å². The summed E-state index contributed by atoms with van der Waals surface area (Å²) in [5.74, 6) is -0.483. The molecule has 0 spiro atoms. The largest absolute Gasteiger partial charge is 0.454 e. The Bertz CT molecular complexity index is 430. The molecule has 0 aliphatic heterocycles. The highest BCUT2D eigenvalue weighted by molar-refractivity contribution is 5.74. The highest BCUT2D eigenvalue weighted by Crippen LogP contribution is 2.41. The number of rotatable bonds is 9. The molecule has 0 saturated heterocycles. The Balaban J connectivity index is 5.38. The Labute approximate surface area is 155 Å². The molecule has 4 nitrogen and oxygen atoms in total. The van der Waals surface area contributed by atoms with Crippen molar-refractivity contribution in [2.24, 2.45) is 16.7 Å². The molecule has 1 N–H and O–H groups in total. The third-order valence-electron chi connectivity index (χ3n) is 5.28. The number of hydrogen-bond acceptors (Lipinski definition) is 4. The summed E-state index contributed by atoms with van der Waals surface area (Å²) in [4.78, 5) is 13.0. The number of carbonyl (C=O) groups is 1. The molecular weight excluding hydrogens is 316 g/mol. The van der Waals surface area contributed by atoms with Gasteiger partial charge in [0, 0.05) is 0 Å². The van der Waals surface area contributed by atoms with Crippen LogP contribution in [0.25, 0.3) is 0 Å². The van der Waals surface area contributed by atoms with E-state index in [4.69, 9.17) is 9.47 Å². The van der Waals surface area contributed by atoms with E-state index < -0.39 is 17.5 Å². The highest BCUT2D eigenvalue weighted by atomic mass is 16.7. The summed E-state index contributed by atoms with van der Waals surface area (Å²) in [5.41, 5.74) is -1.74. The van der Waals surface area contributed by atoms with Crippen LogP contribution < -0.4 is 0 Å². The zero-order chi connectivity index (χ0) is 20.3. The van der Waals surface area contributed by atoms with Crippen LogP contribution in [-0.4, -0.2) is 28.6 Å². The van der Waals surface area contributed by atoms with E-state index in [2.05, 4.69) is 41.5 Å². The molecule has 0 aromatic heterocycles. The summed E-state index contributed by atoms with van der Waals surface area (Å²) in [5, 5.41) is 10.4. The molecule has 0 bridgehead atoms. The monoisotopic (exact) mass is 358 g/mol. The number of ether oxygens (including phenoxy) is 2. The van der Waals surface area contributed by atoms with Crippen LogP contribution in [0.5, 0.6) is 0 Å². The minimum Gasteiger partial charge on any atom is -0.454 e. The van der Waals surface area contributed by atoms with Crippen molar-refractivity contribution in [1.82, 2.24) is 0 Å². The van der Waals surface area contributed by atoms with Crippen LogP contribution in [-0.2, 0) is 14.3 Å². The average molecular weight is 359 g/mol. The normalized spacial score (nSPS) is 16.5. The Kier molecular flexibility index (Phi) is 8.18. The first kappa shape index (κ1) is 24.4. The van der Waals surface area contributed by atoms with Crippen LogP contribution in [0.2, 0.25) is 0 Å². The lowest BCUT2D eigenvalue weighted by Crippen LogP contribution is -2.48. The molecule has 2 atom stereocenters. The fraction of sp³-hybridized carbons (Fsp3) is 0.952. The van der Waals surface area contributed by atoms with Gasteiger partial charge < -0.3 is 14.6 Å².